The van der Waals surface area contributed by atoms with Crippen molar-refractivity contribution in [1.82, 2.24) is 10.2 Å². The van der Waals surface area contributed by atoms with Gasteiger partial charge in [0.25, 0.3) is 0 Å². The molecule has 5 nitrogen and oxygen atoms in total. The predicted octanol–water partition coefficient (Wildman–Crippen LogP) is 0.701. The predicted molar refractivity (Wildman–Crippen MR) is 69.1 cm³/mol. The lowest BCUT2D eigenvalue weighted by Crippen LogP contribution is -2.35. The van der Waals surface area contributed by atoms with Gasteiger partial charge in [-0.3, -0.25) is 20.2 Å². The molecule has 0 radical (unpaired) electrons. The quantitative estimate of drug-likeness (QED) is 0.264. The van der Waals surface area contributed by atoms with Crippen molar-refractivity contribution in [2.24, 2.45) is 9.98 Å². The van der Waals surface area contributed by atoms with Crippen molar-refractivity contribution < 1.29 is 5.11 Å². The molecule has 0 bridgehead atoms. The third-order valence-corrected chi connectivity index (χ3v) is 2.37. The molecule has 0 heterocycles. The van der Waals surface area contributed by atoms with Crippen LogP contribution >= 0.6 is 0 Å². The van der Waals surface area contributed by atoms with Crippen LogP contribution < -0.4 is 5.32 Å². The standard InChI is InChI=1S/C11H24N4O/c1-5-15(11(3)16)8-6-7-13-10(2)14-9-12-4/h9-11,13,16H,4-8H2,1-3H3/b14-9-. The van der Waals surface area contributed by atoms with Crippen molar-refractivity contribution in [2.45, 2.75) is 39.6 Å². The van der Waals surface area contributed by atoms with Gasteiger partial charge in [0.1, 0.15) is 12.6 Å². The van der Waals surface area contributed by atoms with Crippen LogP contribution in [0.25, 0.3) is 0 Å². The van der Waals surface area contributed by atoms with Crippen LogP contribution in [0.2, 0.25) is 0 Å². The van der Waals surface area contributed by atoms with E-state index in [9.17, 15) is 5.11 Å². The summed E-state index contributed by atoms with van der Waals surface area (Å²) in [6, 6.07) is 0. The Labute approximate surface area is 98.3 Å². The van der Waals surface area contributed by atoms with Crippen LogP contribution in [0.5, 0.6) is 0 Å². The lowest BCUT2D eigenvalue weighted by molar-refractivity contribution is 0.0218. The fraction of sp³-hybridized carbons (Fsp3) is 0.818. The van der Waals surface area contributed by atoms with Crippen LogP contribution in [-0.2, 0) is 0 Å². The second-order valence-electron chi connectivity index (χ2n) is 3.69. The number of aliphatic imine (C=N–C) groups is 2. The van der Waals surface area contributed by atoms with Crippen molar-refractivity contribution in [2.75, 3.05) is 19.6 Å². The molecular formula is C11H24N4O. The van der Waals surface area contributed by atoms with Gasteiger partial charge in [-0.05, 0) is 40.1 Å². The van der Waals surface area contributed by atoms with Gasteiger partial charge in [-0.25, -0.2) is 0 Å². The van der Waals surface area contributed by atoms with Crippen molar-refractivity contribution in [3.63, 3.8) is 0 Å². The third kappa shape index (κ3) is 7.50. The van der Waals surface area contributed by atoms with Crippen molar-refractivity contribution >= 4 is 13.1 Å². The normalized spacial score (nSPS) is 15.6. The van der Waals surface area contributed by atoms with Crippen LogP contribution in [0, 0.1) is 0 Å². The number of aliphatic hydroxyl groups is 1. The van der Waals surface area contributed by atoms with E-state index in [0.29, 0.717) is 0 Å². The maximum absolute atomic E-state index is 9.40. The number of nitrogens with zero attached hydrogens (tertiary/aromatic N) is 3. The van der Waals surface area contributed by atoms with E-state index in [0.717, 1.165) is 26.1 Å². The summed E-state index contributed by atoms with van der Waals surface area (Å²) in [5.41, 5.74) is 0. The third-order valence-electron chi connectivity index (χ3n) is 2.37. The van der Waals surface area contributed by atoms with E-state index in [1.165, 1.54) is 6.34 Å². The van der Waals surface area contributed by atoms with Gasteiger partial charge in [0.2, 0.25) is 0 Å². The molecule has 0 saturated carbocycles. The van der Waals surface area contributed by atoms with Crippen molar-refractivity contribution in [3.8, 4) is 0 Å². The minimum atomic E-state index is -0.370. The molecule has 2 N–H and O–H groups in total. The van der Waals surface area contributed by atoms with Gasteiger partial charge >= 0.3 is 0 Å². The van der Waals surface area contributed by atoms with Gasteiger partial charge in [-0.1, -0.05) is 6.92 Å². The first-order valence-electron chi connectivity index (χ1n) is 5.74. The van der Waals surface area contributed by atoms with Gasteiger partial charge in [0, 0.05) is 6.54 Å². The lowest BCUT2D eigenvalue weighted by Gasteiger charge is -2.23. The van der Waals surface area contributed by atoms with E-state index in [1.807, 2.05) is 18.7 Å². The van der Waals surface area contributed by atoms with E-state index in [-0.39, 0.29) is 12.4 Å². The zero-order valence-corrected chi connectivity index (χ0v) is 10.6. The van der Waals surface area contributed by atoms with Gasteiger partial charge in [-0.2, -0.15) is 0 Å². The minimum Gasteiger partial charge on any atom is -0.379 e. The smallest absolute Gasteiger partial charge is 0.111 e. The summed E-state index contributed by atoms with van der Waals surface area (Å²) in [6.45, 7) is 11.8. The molecule has 0 aromatic carbocycles. The SMILES string of the molecule is C=N/C=N\C(C)NCCCN(CC)C(C)O. The molecule has 0 aliphatic carbocycles. The zero-order chi connectivity index (χ0) is 12.4. The largest absolute Gasteiger partial charge is 0.379 e. The summed E-state index contributed by atoms with van der Waals surface area (Å²) >= 11 is 0. The molecule has 0 fully saturated rings. The number of hydrogen-bond donors (Lipinski definition) is 2. The topological polar surface area (TPSA) is 60.2 Å². The van der Waals surface area contributed by atoms with Crippen molar-refractivity contribution in [1.29, 1.82) is 0 Å². The Bertz CT molecular complexity index is 206. The van der Waals surface area contributed by atoms with Gasteiger partial charge < -0.3 is 5.11 Å². The first-order valence-corrected chi connectivity index (χ1v) is 5.74. The summed E-state index contributed by atoms with van der Waals surface area (Å²) in [7, 11) is 0. The van der Waals surface area contributed by atoms with Gasteiger partial charge in [0.05, 0.1) is 6.17 Å². The number of hydrogen-bond acceptors (Lipinski definition) is 4. The molecular weight excluding hydrogens is 204 g/mol. The monoisotopic (exact) mass is 228 g/mol. The minimum absolute atomic E-state index is 0.0622. The van der Waals surface area contributed by atoms with E-state index in [4.69, 9.17) is 0 Å². The van der Waals surface area contributed by atoms with E-state index >= 15 is 0 Å². The molecule has 2 unspecified atom stereocenters. The Kier molecular flexibility index (Phi) is 8.99. The van der Waals surface area contributed by atoms with E-state index in [1.54, 1.807) is 6.92 Å². The second kappa shape index (κ2) is 9.45. The Morgan fingerprint density at radius 2 is 2.19 bits per heavy atom. The summed E-state index contributed by atoms with van der Waals surface area (Å²) in [5, 5.41) is 12.6. The number of nitrogens with one attached hydrogen (secondary N) is 1. The highest BCUT2D eigenvalue weighted by molar-refractivity contribution is 5.61. The van der Waals surface area contributed by atoms with E-state index in [2.05, 4.69) is 22.0 Å². The highest BCUT2D eigenvalue weighted by Gasteiger charge is 2.07. The van der Waals surface area contributed by atoms with Crippen LogP contribution in [0.15, 0.2) is 9.98 Å². The Balaban J connectivity index is 3.58. The lowest BCUT2D eigenvalue weighted by atomic mass is 10.3. The number of aliphatic hydroxyl groups excluding tert-OH is 1. The van der Waals surface area contributed by atoms with Crippen LogP contribution in [0.3, 0.4) is 0 Å². The van der Waals surface area contributed by atoms with Crippen LogP contribution in [0.4, 0.5) is 0 Å². The maximum Gasteiger partial charge on any atom is 0.111 e. The van der Waals surface area contributed by atoms with Crippen LogP contribution in [-0.4, -0.2) is 55.1 Å². The van der Waals surface area contributed by atoms with Gasteiger partial charge in [-0.15, -0.1) is 0 Å². The summed E-state index contributed by atoms with van der Waals surface area (Å²) in [5.74, 6) is 0. The zero-order valence-electron chi connectivity index (χ0n) is 10.6. The fourth-order valence-electron chi connectivity index (χ4n) is 1.40. The Morgan fingerprint density at radius 3 is 2.69 bits per heavy atom. The molecule has 0 aromatic heterocycles. The first kappa shape index (κ1) is 15.2. The molecule has 94 valence electrons. The summed E-state index contributed by atoms with van der Waals surface area (Å²) < 4.78 is 0. The summed E-state index contributed by atoms with van der Waals surface area (Å²) in [6.07, 6.45) is 2.13. The van der Waals surface area contributed by atoms with E-state index < -0.39 is 0 Å². The second-order valence-corrected chi connectivity index (χ2v) is 3.69. The molecule has 0 spiro atoms. The highest BCUT2D eigenvalue weighted by atomic mass is 16.3. The summed E-state index contributed by atoms with van der Waals surface area (Å²) in [4.78, 5) is 9.65. The molecule has 0 saturated heterocycles. The Morgan fingerprint density at radius 1 is 1.50 bits per heavy atom. The molecule has 0 aliphatic rings. The fourth-order valence-corrected chi connectivity index (χ4v) is 1.40. The Hall–Kier alpha value is -0.780. The van der Waals surface area contributed by atoms with Crippen molar-refractivity contribution in [3.05, 3.63) is 0 Å². The average molecular weight is 228 g/mol. The molecule has 2 atom stereocenters. The number of rotatable bonds is 9. The highest BCUT2D eigenvalue weighted by Crippen LogP contribution is 1.96. The molecule has 16 heavy (non-hydrogen) atoms. The maximum atomic E-state index is 9.40. The average Bonchev–Trinajstić information content (AvgIpc) is 2.25. The molecule has 5 heteroatoms. The molecule has 0 rings (SSSR count). The molecule has 0 amide bonds. The molecule has 0 aliphatic heterocycles. The van der Waals surface area contributed by atoms with Crippen LogP contribution in [0.1, 0.15) is 27.2 Å². The first-order chi connectivity index (χ1) is 7.61. The molecule has 0 aromatic rings. The van der Waals surface area contributed by atoms with Gasteiger partial charge in [0.15, 0.2) is 0 Å².